The molecule has 1 nitrogen and oxygen atoms in total. The summed E-state index contributed by atoms with van der Waals surface area (Å²) < 4.78 is 45.6. The highest BCUT2D eigenvalue weighted by atomic mass is 19.3. The molecule has 0 atom stereocenters. The average molecular weight is 320 g/mol. The Kier molecular flexibility index (Phi) is 5.48. The molecule has 2 aromatic rings. The Morgan fingerprint density at radius 3 is 2.22 bits per heavy atom. The van der Waals surface area contributed by atoms with Crippen LogP contribution in [-0.4, -0.2) is 7.11 Å². The monoisotopic (exact) mass is 320 g/mol. The maximum Gasteiger partial charge on any atom is 0.269 e. The molecule has 0 bridgehead atoms. The molecule has 0 unspecified atom stereocenters. The van der Waals surface area contributed by atoms with Crippen molar-refractivity contribution < 1.29 is 17.9 Å². The Balaban J connectivity index is 2.47. The van der Waals surface area contributed by atoms with Crippen molar-refractivity contribution in [1.29, 1.82) is 0 Å². The summed E-state index contributed by atoms with van der Waals surface area (Å²) in [5, 5.41) is 0. The minimum Gasteiger partial charge on any atom is -0.493 e. The molecule has 0 aliphatic rings. The third kappa shape index (κ3) is 3.76. The molecule has 4 heteroatoms. The molecule has 0 spiro atoms. The maximum absolute atomic E-state index is 14.7. The summed E-state index contributed by atoms with van der Waals surface area (Å²) in [5.41, 5.74) is 2.61. The number of hydrogen-bond donors (Lipinski definition) is 0. The second-order valence-electron chi connectivity index (χ2n) is 5.38. The predicted octanol–water partition coefficient (Wildman–Crippen LogP) is 5.91. The Labute approximate surface area is 134 Å². The van der Waals surface area contributed by atoms with Gasteiger partial charge >= 0.3 is 0 Å². The van der Waals surface area contributed by atoms with E-state index >= 15 is 0 Å². The van der Waals surface area contributed by atoms with Crippen LogP contribution in [0.3, 0.4) is 0 Å². The van der Waals surface area contributed by atoms with Crippen molar-refractivity contribution in [3.8, 4) is 16.9 Å². The first-order chi connectivity index (χ1) is 11.0. The topological polar surface area (TPSA) is 9.23 Å². The van der Waals surface area contributed by atoms with Crippen LogP contribution in [0.1, 0.15) is 24.5 Å². The lowest BCUT2D eigenvalue weighted by atomic mass is 9.97. The fourth-order valence-electron chi connectivity index (χ4n) is 2.47. The van der Waals surface area contributed by atoms with Gasteiger partial charge in [0, 0.05) is 17.5 Å². The number of rotatable bonds is 5. The first-order valence-electron chi connectivity index (χ1n) is 7.43. The SMILES string of the molecule is CCC(Cc1ccc(-c2ccc(C)cc2)c(F)c1OC)=C(F)F. The number of benzene rings is 2. The van der Waals surface area contributed by atoms with Crippen LogP contribution in [0.2, 0.25) is 0 Å². The van der Waals surface area contributed by atoms with E-state index in [1.807, 2.05) is 31.2 Å². The van der Waals surface area contributed by atoms with Crippen molar-refractivity contribution >= 4 is 0 Å². The van der Waals surface area contributed by atoms with E-state index in [4.69, 9.17) is 4.74 Å². The van der Waals surface area contributed by atoms with Gasteiger partial charge in [0.15, 0.2) is 11.6 Å². The number of halogens is 3. The van der Waals surface area contributed by atoms with Crippen molar-refractivity contribution in [3.05, 3.63) is 65.0 Å². The van der Waals surface area contributed by atoms with E-state index in [0.717, 1.165) is 11.1 Å². The molecule has 0 saturated carbocycles. The van der Waals surface area contributed by atoms with Gasteiger partial charge in [-0.3, -0.25) is 0 Å². The minimum absolute atomic E-state index is 0.00853. The van der Waals surface area contributed by atoms with Crippen LogP contribution in [-0.2, 0) is 6.42 Å². The van der Waals surface area contributed by atoms with Crippen LogP contribution >= 0.6 is 0 Å². The van der Waals surface area contributed by atoms with Gasteiger partial charge in [-0.05, 0) is 24.5 Å². The lowest BCUT2D eigenvalue weighted by Gasteiger charge is -2.14. The average Bonchev–Trinajstić information content (AvgIpc) is 2.53. The highest BCUT2D eigenvalue weighted by molar-refractivity contribution is 5.67. The van der Waals surface area contributed by atoms with Gasteiger partial charge in [-0.15, -0.1) is 0 Å². The Morgan fingerprint density at radius 1 is 1.04 bits per heavy atom. The van der Waals surface area contributed by atoms with Gasteiger partial charge in [0.2, 0.25) is 0 Å². The molecule has 2 rings (SSSR count). The fourth-order valence-corrected chi connectivity index (χ4v) is 2.47. The summed E-state index contributed by atoms with van der Waals surface area (Å²) in [6.45, 7) is 3.60. The molecule has 0 aliphatic heterocycles. The van der Waals surface area contributed by atoms with Crippen LogP contribution in [0.4, 0.5) is 13.2 Å². The number of methoxy groups -OCH3 is 1. The largest absolute Gasteiger partial charge is 0.493 e. The van der Waals surface area contributed by atoms with Crippen molar-refractivity contribution in [2.75, 3.05) is 7.11 Å². The second kappa shape index (κ2) is 7.36. The fraction of sp³-hybridized carbons (Fsp3) is 0.263. The van der Waals surface area contributed by atoms with E-state index in [9.17, 15) is 13.2 Å². The van der Waals surface area contributed by atoms with E-state index in [-0.39, 0.29) is 24.2 Å². The molecule has 0 amide bonds. The maximum atomic E-state index is 14.7. The molecule has 2 aromatic carbocycles. The lowest BCUT2D eigenvalue weighted by molar-refractivity contribution is 0.380. The quantitative estimate of drug-likeness (QED) is 0.665. The van der Waals surface area contributed by atoms with Crippen LogP contribution in [0.5, 0.6) is 5.75 Å². The normalized spacial score (nSPS) is 10.5. The van der Waals surface area contributed by atoms with Crippen LogP contribution < -0.4 is 4.74 Å². The number of aryl methyl sites for hydroxylation is 1. The molecule has 0 radical (unpaired) electrons. The zero-order valence-corrected chi connectivity index (χ0v) is 13.4. The third-order valence-electron chi connectivity index (χ3n) is 3.84. The van der Waals surface area contributed by atoms with Crippen molar-refractivity contribution in [1.82, 2.24) is 0 Å². The zero-order chi connectivity index (χ0) is 17.0. The molecule has 0 N–H and O–H groups in total. The summed E-state index contributed by atoms with van der Waals surface area (Å²) >= 11 is 0. The van der Waals surface area contributed by atoms with E-state index < -0.39 is 11.9 Å². The Bertz CT molecular complexity index is 714. The van der Waals surface area contributed by atoms with Gasteiger partial charge in [-0.1, -0.05) is 48.9 Å². The Morgan fingerprint density at radius 2 is 1.70 bits per heavy atom. The number of hydrogen-bond acceptors (Lipinski definition) is 1. The number of allylic oxidation sites excluding steroid dienone is 1. The molecule has 122 valence electrons. The first-order valence-corrected chi connectivity index (χ1v) is 7.43. The van der Waals surface area contributed by atoms with Crippen LogP contribution in [0.25, 0.3) is 11.1 Å². The summed E-state index contributed by atoms with van der Waals surface area (Å²) in [6.07, 6.45) is -1.52. The zero-order valence-electron chi connectivity index (χ0n) is 13.4. The lowest BCUT2D eigenvalue weighted by Crippen LogP contribution is -2.00. The molecular formula is C19H19F3O. The van der Waals surface area contributed by atoms with Gasteiger partial charge in [0.25, 0.3) is 6.08 Å². The second-order valence-corrected chi connectivity index (χ2v) is 5.38. The molecule has 0 heterocycles. The minimum atomic E-state index is -1.71. The van der Waals surface area contributed by atoms with Crippen molar-refractivity contribution in [2.45, 2.75) is 26.7 Å². The molecule has 23 heavy (non-hydrogen) atoms. The molecule has 0 saturated heterocycles. The highest BCUT2D eigenvalue weighted by Gasteiger charge is 2.17. The van der Waals surface area contributed by atoms with Crippen molar-refractivity contribution in [2.24, 2.45) is 0 Å². The molecule has 0 aromatic heterocycles. The van der Waals surface area contributed by atoms with E-state index in [0.29, 0.717) is 11.1 Å². The summed E-state index contributed by atoms with van der Waals surface area (Å²) in [4.78, 5) is 0. The predicted molar refractivity (Wildman–Crippen MR) is 86.4 cm³/mol. The van der Waals surface area contributed by atoms with Gasteiger partial charge in [-0.2, -0.15) is 8.78 Å². The van der Waals surface area contributed by atoms with E-state index in [1.54, 1.807) is 19.1 Å². The van der Waals surface area contributed by atoms with Crippen LogP contribution in [0, 0.1) is 12.7 Å². The van der Waals surface area contributed by atoms with Gasteiger partial charge in [0.05, 0.1) is 7.11 Å². The summed E-state index contributed by atoms with van der Waals surface area (Å²) in [5.74, 6) is -0.501. The first kappa shape index (κ1) is 17.1. The summed E-state index contributed by atoms with van der Waals surface area (Å²) in [6, 6.07) is 10.7. The van der Waals surface area contributed by atoms with E-state index in [1.165, 1.54) is 7.11 Å². The third-order valence-corrected chi connectivity index (χ3v) is 3.84. The molecule has 0 fully saturated rings. The Hall–Kier alpha value is -2.23. The number of ether oxygens (including phenoxy) is 1. The van der Waals surface area contributed by atoms with Crippen LogP contribution in [0.15, 0.2) is 48.1 Å². The van der Waals surface area contributed by atoms with Crippen molar-refractivity contribution in [3.63, 3.8) is 0 Å². The summed E-state index contributed by atoms with van der Waals surface area (Å²) in [7, 11) is 1.35. The standard InChI is InChI=1S/C19H19F3O/c1-4-13(19(21)22)11-15-9-10-16(17(20)18(15)23-3)14-7-5-12(2)6-8-14/h5-10H,4,11H2,1-3H3. The van der Waals surface area contributed by atoms with Gasteiger partial charge in [-0.25, -0.2) is 4.39 Å². The van der Waals surface area contributed by atoms with Gasteiger partial charge < -0.3 is 4.74 Å². The van der Waals surface area contributed by atoms with Gasteiger partial charge in [0.1, 0.15) is 0 Å². The molecular weight excluding hydrogens is 301 g/mol. The smallest absolute Gasteiger partial charge is 0.269 e. The van der Waals surface area contributed by atoms with E-state index in [2.05, 4.69) is 0 Å². The highest BCUT2D eigenvalue weighted by Crippen LogP contribution is 2.34. The molecule has 0 aliphatic carbocycles.